The van der Waals surface area contributed by atoms with Gasteiger partial charge in [0, 0.05) is 18.8 Å². The summed E-state index contributed by atoms with van der Waals surface area (Å²) < 4.78 is 4.95. The predicted molar refractivity (Wildman–Crippen MR) is 68.9 cm³/mol. The monoisotopic (exact) mass is 305 g/mol. The molecule has 0 aliphatic carbocycles. The second-order valence-electron chi connectivity index (χ2n) is 4.38. The molecule has 0 saturated carbocycles. The van der Waals surface area contributed by atoms with Gasteiger partial charge in [-0.25, -0.2) is 0 Å². The van der Waals surface area contributed by atoms with Gasteiger partial charge in [0.05, 0.1) is 32.6 Å². The third kappa shape index (κ3) is 3.54. The number of nitro benzene ring substituents is 2. The maximum atomic E-state index is 11.7. The zero-order valence-corrected chi connectivity index (χ0v) is 11.6. The molecule has 0 radical (unpaired) electrons. The minimum absolute atomic E-state index is 0.0607. The highest BCUT2D eigenvalue weighted by molar-refractivity contribution is 8.28. The first-order valence-electron chi connectivity index (χ1n) is 5.02. The lowest BCUT2D eigenvalue weighted by Gasteiger charge is -2.16. The van der Waals surface area contributed by atoms with Gasteiger partial charge in [-0.2, -0.15) is 4.28 Å². The van der Waals surface area contributed by atoms with Crippen LogP contribution in [0.15, 0.2) is 12.1 Å². The van der Waals surface area contributed by atoms with Crippen molar-refractivity contribution in [1.29, 1.82) is 0 Å². The summed E-state index contributed by atoms with van der Waals surface area (Å²) in [5.41, 5.74) is -2.59. The van der Waals surface area contributed by atoms with Crippen molar-refractivity contribution < 1.29 is 24.2 Å². The summed E-state index contributed by atoms with van der Waals surface area (Å²) in [4.78, 5) is 30.8. The fourth-order valence-electron chi connectivity index (χ4n) is 1.21. The molecule has 0 saturated heterocycles. The second-order valence-corrected chi connectivity index (χ2v) is 7.98. The molecule has 0 aliphatic heterocycles. The van der Waals surface area contributed by atoms with Crippen molar-refractivity contribution in [3.8, 4) is 5.75 Å². The number of hydrogen-bond acceptors (Lipinski definition) is 7. The molecule has 0 fully saturated rings. The average Bonchev–Trinajstić information content (AvgIpc) is 2.25. The van der Waals surface area contributed by atoms with E-state index in [1.165, 1.54) is 0 Å². The van der Waals surface area contributed by atoms with Gasteiger partial charge in [-0.15, -0.1) is 0 Å². The predicted octanol–water partition coefficient (Wildman–Crippen LogP) is 1.53. The standard InChI is InChI=1S/C9H11N3O7S/c1-20(2,3)19-12(18)6-4-7(10(14)15)9(13)8(5-6)11(16)17/h4-5H,1-3H3. The van der Waals surface area contributed by atoms with Gasteiger partial charge in [0.25, 0.3) is 16.3 Å². The number of hydrogen-bond donors (Lipinski definition) is 0. The quantitative estimate of drug-likeness (QED) is 0.593. The maximum absolute atomic E-state index is 11.7. The van der Waals surface area contributed by atoms with Crippen LogP contribution in [-0.4, -0.2) is 33.5 Å². The van der Waals surface area contributed by atoms with Gasteiger partial charge in [-0.1, -0.05) is 0 Å². The molecule has 1 aromatic carbocycles. The highest BCUT2D eigenvalue weighted by Crippen LogP contribution is 2.41. The van der Waals surface area contributed by atoms with E-state index >= 15 is 0 Å². The van der Waals surface area contributed by atoms with Crippen LogP contribution >= 0.6 is 10.3 Å². The Balaban J connectivity index is 3.38. The minimum atomic E-state index is -1.75. The van der Waals surface area contributed by atoms with Gasteiger partial charge in [0.2, 0.25) is 0 Å². The van der Waals surface area contributed by atoms with Gasteiger partial charge in [-0.05, 0) is 10.3 Å². The number of nitro groups is 2. The molecule has 0 aliphatic rings. The van der Waals surface area contributed by atoms with Crippen molar-refractivity contribution in [2.45, 2.75) is 0 Å². The first-order valence-corrected chi connectivity index (χ1v) is 7.80. The highest BCUT2D eigenvalue weighted by atomic mass is 32.3. The highest BCUT2D eigenvalue weighted by Gasteiger charge is 2.30. The molecule has 10 nitrogen and oxygen atoms in total. The van der Waals surface area contributed by atoms with Crippen LogP contribution in [-0.2, 0) is 4.28 Å². The average molecular weight is 305 g/mol. The van der Waals surface area contributed by atoms with E-state index in [2.05, 4.69) is 0 Å². The first-order chi connectivity index (χ1) is 9.03. The molecule has 0 unspecified atom stereocenters. The fraction of sp³-hybridized carbons (Fsp3) is 0.333. The lowest BCUT2D eigenvalue weighted by atomic mass is 10.2. The molecule has 0 bridgehead atoms. The van der Waals surface area contributed by atoms with Gasteiger partial charge in [-0.3, -0.25) is 20.2 Å². The molecule has 0 heterocycles. The van der Waals surface area contributed by atoms with Crippen LogP contribution in [0.4, 0.5) is 17.1 Å². The lowest BCUT2D eigenvalue weighted by molar-refractivity contribution is -0.696. The number of benzene rings is 1. The molecular weight excluding hydrogens is 294 g/mol. The van der Waals surface area contributed by atoms with E-state index in [9.17, 15) is 30.2 Å². The summed E-state index contributed by atoms with van der Waals surface area (Å²) >= 11 is 0. The van der Waals surface area contributed by atoms with Crippen LogP contribution < -0.4 is 5.11 Å². The van der Waals surface area contributed by atoms with Gasteiger partial charge >= 0.3 is 5.69 Å². The Kier molecular flexibility index (Phi) is 4.13. The number of rotatable bonds is 5. The number of nitrogens with zero attached hydrogens (tertiary/aromatic N) is 3. The molecule has 0 spiro atoms. The van der Waals surface area contributed by atoms with Crippen LogP contribution in [0.25, 0.3) is 0 Å². The molecule has 11 heteroatoms. The lowest BCUT2D eigenvalue weighted by Crippen LogP contribution is -2.09. The van der Waals surface area contributed by atoms with Crippen LogP contribution in [0.1, 0.15) is 0 Å². The van der Waals surface area contributed by atoms with Crippen LogP contribution in [0, 0.1) is 25.1 Å². The SMILES string of the molecule is CS(C)(C)O[N+](=O)c1cc([N+](=O)[O-])c([O-])c([N+](=O)[O-])c1. The van der Waals surface area contributed by atoms with Crippen molar-refractivity contribution in [2.75, 3.05) is 18.8 Å². The molecule has 1 aromatic rings. The smallest absolute Gasteiger partial charge is 0.331 e. The third-order valence-electron chi connectivity index (χ3n) is 1.93. The zero-order valence-electron chi connectivity index (χ0n) is 10.8. The van der Waals surface area contributed by atoms with Crippen molar-refractivity contribution >= 4 is 27.4 Å². The molecule has 0 atom stereocenters. The van der Waals surface area contributed by atoms with Crippen LogP contribution in [0.5, 0.6) is 5.75 Å². The van der Waals surface area contributed by atoms with E-state index in [4.69, 9.17) is 4.28 Å². The van der Waals surface area contributed by atoms with E-state index in [0.29, 0.717) is 12.1 Å². The zero-order chi connectivity index (χ0) is 15.7. The van der Waals surface area contributed by atoms with Crippen molar-refractivity contribution in [1.82, 2.24) is 0 Å². The van der Waals surface area contributed by atoms with Gasteiger partial charge in [0.15, 0.2) is 0 Å². The molecule has 110 valence electrons. The van der Waals surface area contributed by atoms with Crippen molar-refractivity contribution in [3.05, 3.63) is 37.3 Å². The normalized spacial score (nSPS) is 11.8. The topological polar surface area (TPSA) is 139 Å². The molecule has 0 aromatic heterocycles. The molecule has 20 heavy (non-hydrogen) atoms. The van der Waals surface area contributed by atoms with E-state index in [1.54, 1.807) is 18.8 Å². The van der Waals surface area contributed by atoms with E-state index < -0.39 is 43.0 Å². The Hall–Kier alpha value is -2.43. The van der Waals surface area contributed by atoms with E-state index in [-0.39, 0.29) is 4.92 Å². The summed E-state index contributed by atoms with van der Waals surface area (Å²) in [6.07, 6.45) is 4.88. The Morgan fingerprint density at radius 2 is 1.40 bits per heavy atom. The molecule has 0 amide bonds. The van der Waals surface area contributed by atoms with E-state index in [1.807, 2.05) is 0 Å². The van der Waals surface area contributed by atoms with Crippen molar-refractivity contribution in [2.24, 2.45) is 0 Å². The summed E-state index contributed by atoms with van der Waals surface area (Å²) in [6.45, 7) is 0. The second kappa shape index (κ2) is 5.28. The Bertz CT molecular complexity index is 561. The minimum Gasteiger partial charge on any atom is -0.863 e. The molecule has 0 N–H and O–H groups in total. The Morgan fingerprint density at radius 3 is 1.70 bits per heavy atom. The summed E-state index contributed by atoms with van der Waals surface area (Å²) in [7, 11) is -1.75. The summed E-state index contributed by atoms with van der Waals surface area (Å²) in [5, 5.41) is 32.8. The van der Waals surface area contributed by atoms with Gasteiger partial charge < -0.3 is 5.11 Å². The summed E-state index contributed by atoms with van der Waals surface area (Å²) in [5.74, 6) is -1.36. The maximum Gasteiger partial charge on any atom is 0.331 e. The first kappa shape index (κ1) is 15.6. The van der Waals surface area contributed by atoms with Crippen molar-refractivity contribution in [3.63, 3.8) is 0 Å². The molecule has 1 rings (SSSR count). The Morgan fingerprint density at radius 1 is 1.00 bits per heavy atom. The molecular formula is C9H11N3O7S. The van der Waals surface area contributed by atoms with Crippen LogP contribution in [0.3, 0.4) is 0 Å². The Labute approximate surface area is 114 Å². The van der Waals surface area contributed by atoms with Gasteiger partial charge in [0.1, 0.15) is 0 Å². The summed E-state index contributed by atoms with van der Waals surface area (Å²) in [6, 6.07) is 1.29. The largest absolute Gasteiger partial charge is 0.863 e. The fourth-order valence-corrected chi connectivity index (χ4v) is 1.70. The third-order valence-corrected chi connectivity index (χ3v) is 2.51. The van der Waals surface area contributed by atoms with Crippen LogP contribution in [0.2, 0.25) is 0 Å². The van der Waals surface area contributed by atoms with E-state index in [0.717, 1.165) is 0 Å².